The molecule has 0 amide bonds. The summed E-state index contributed by atoms with van der Waals surface area (Å²) >= 11 is 0. The second kappa shape index (κ2) is 11.2. The van der Waals surface area contributed by atoms with E-state index in [1.165, 1.54) is 0 Å². The van der Waals surface area contributed by atoms with Crippen molar-refractivity contribution in [2.24, 2.45) is 0 Å². The predicted molar refractivity (Wildman–Crippen MR) is 210 cm³/mol. The van der Waals surface area contributed by atoms with E-state index < -0.39 is 0 Å². The smallest absolute Gasteiger partial charge is 0.169 e. The molecule has 0 saturated carbocycles. The van der Waals surface area contributed by atoms with Crippen molar-refractivity contribution in [2.45, 2.75) is 0 Å². The molecule has 11 rings (SSSR count). The summed E-state index contributed by atoms with van der Waals surface area (Å²) in [6.07, 6.45) is 0. The quantitative estimate of drug-likeness (QED) is 0.184. The molecule has 0 saturated heterocycles. The third-order valence-electron chi connectivity index (χ3n) is 10.1. The Kier molecular flexibility index (Phi) is 6.18. The third-order valence-corrected chi connectivity index (χ3v) is 10.1. The van der Waals surface area contributed by atoms with E-state index >= 15 is 0 Å². The van der Waals surface area contributed by atoms with Crippen LogP contribution in [0.15, 0.2) is 160 Å². The lowest BCUT2D eigenvalue weighted by Gasteiger charge is -2.14. The van der Waals surface area contributed by atoms with Crippen LogP contribution in [0.1, 0.15) is 5.56 Å². The second-order valence-corrected chi connectivity index (χ2v) is 13.1. The minimum absolute atomic E-state index is 0.357. The number of aromatic nitrogens is 4. The Hall–Kier alpha value is -7.56. The number of benzene rings is 7. The van der Waals surface area contributed by atoms with Gasteiger partial charge >= 0.3 is 0 Å². The van der Waals surface area contributed by atoms with Gasteiger partial charge in [-0.2, -0.15) is 5.26 Å². The molecule has 4 heterocycles. The molecule has 0 bridgehead atoms. The van der Waals surface area contributed by atoms with Crippen LogP contribution in [0.25, 0.3) is 106 Å². The summed E-state index contributed by atoms with van der Waals surface area (Å²) in [4.78, 5) is 14.9. The van der Waals surface area contributed by atoms with Crippen molar-refractivity contribution < 1.29 is 8.83 Å². The van der Waals surface area contributed by atoms with E-state index in [9.17, 15) is 5.26 Å². The van der Waals surface area contributed by atoms with E-state index in [4.69, 9.17) is 23.8 Å². The van der Waals surface area contributed by atoms with Crippen molar-refractivity contribution in [3.05, 3.63) is 157 Å². The molecule has 246 valence electrons. The molecule has 0 aliphatic rings. The number of furan rings is 2. The maximum atomic E-state index is 11.0. The van der Waals surface area contributed by atoms with Gasteiger partial charge in [-0.05, 0) is 36.4 Å². The Morgan fingerprint density at radius 2 is 1.04 bits per heavy atom. The van der Waals surface area contributed by atoms with Crippen LogP contribution in [0, 0.1) is 11.3 Å². The number of hydrogen-bond acceptors (Lipinski definition) is 6. The van der Waals surface area contributed by atoms with Crippen molar-refractivity contribution in [1.29, 1.82) is 5.26 Å². The number of nitrogens with zero attached hydrogens (tertiary/aromatic N) is 5. The van der Waals surface area contributed by atoms with Gasteiger partial charge in [-0.15, -0.1) is 0 Å². The van der Waals surface area contributed by atoms with Gasteiger partial charge in [0.05, 0.1) is 38.6 Å². The summed E-state index contributed by atoms with van der Waals surface area (Å²) in [5, 5.41) is 16.9. The van der Waals surface area contributed by atoms with Gasteiger partial charge in [-0.3, -0.25) is 0 Å². The highest BCUT2D eigenvalue weighted by atomic mass is 16.3. The van der Waals surface area contributed by atoms with Crippen molar-refractivity contribution in [2.75, 3.05) is 0 Å². The van der Waals surface area contributed by atoms with Gasteiger partial charge in [0.25, 0.3) is 0 Å². The average molecular weight is 680 g/mol. The number of fused-ring (bicyclic) bond motifs is 10. The molecular formula is C46H25N5O2. The Labute approximate surface area is 301 Å². The Morgan fingerprint density at radius 3 is 1.74 bits per heavy atom. The molecule has 0 N–H and O–H groups in total. The fourth-order valence-electron chi connectivity index (χ4n) is 7.78. The lowest BCUT2D eigenvalue weighted by atomic mass is 10.00. The van der Waals surface area contributed by atoms with Crippen LogP contribution in [-0.2, 0) is 0 Å². The summed E-state index contributed by atoms with van der Waals surface area (Å²) in [6, 6.07) is 52.8. The Bertz CT molecular complexity index is 3240. The zero-order valence-corrected chi connectivity index (χ0v) is 28.0. The van der Waals surface area contributed by atoms with Crippen LogP contribution in [0.2, 0.25) is 0 Å². The molecule has 0 aliphatic carbocycles. The number of rotatable bonds is 4. The highest BCUT2D eigenvalue weighted by molar-refractivity contribution is 6.25. The van der Waals surface area contributed by atoms with Gasteiger partial charge in [-0.25, -0.2) is 15.0 Å². The first-order valence-electron chi connectivity index (χ1n) is 17.3. The van der Waals surface area contributed by atoms with Crippen LogP contribution < -0.4 is 0 Å². The van der Waals surface area contributed by atoms with Crippen LogP contribution in [0.4, 0.5) is 0 Å². The topological polar surface area (TPSA) is 93.7 Å². The van der Waals surface area contributed by atoms with Crippen molar-refractivity contribution >= 4 is 65.7 Å². The van der Waals surface area contributed by atoms with Crippen LogP contribution >= 0.6 is 0 Å². The first-order valence-corrected chi connectivity index (χ1v) is 17.3. The molecule has 0 fully saturated rings. The highest BCUT2D eigenvalue weighted by Gasteiger charge is 2.27. The zero-order chi connectivity index (χ0) is 35.0. The fourth-order valence-corrected chi connectivity index (χ4v) is 7.78. The predicted octanol–water partition coefficient (Wildman–Crippen LogP) is 11.6. The van der Waals surface area contributed by atoms with Crippen molar-refractivity contribution in [1.82, 2.24) is 19.5 Å². The third kappa shape index (κ3) is 4.30. The maximum absolute atomic E-state index is 11.0. The molecule has 11 aromatic rings. The molecule has 7 heteroatoms. The molecule has 4 aromatic heterocycles. The molecule has 7 nitrogen and oxygen atoms in total. The van der Waals surface area contributed by atoms with Gasteiger partial charge in [0.2, 0.25) is 0 Å². The SMILES string of the molecule is N#Cc1cc(-n2c3ccccc3c3c4oc5ccccc5c4ccc32)c2c(oc3ccccc32)c1-c1nc(-c2ccccc2)nc(-c2ccccc2)n1. The summed E-state index contributed by atoms with van der Waals surface area (Å²) < 4.78 is 15.6. The molecule has 0 spiro atoms. The van der Waals surface area contributed by atoms with Gasteiger partial charge in [0.15, 0.2) is 17.5 Å². The van der Waals surface area contributed by atoms with E-state index in [0.29, 0.717) is 39.8 Å². The van der Waals surface area contributed by atoms with Crippen LogP contribution in [0.5, 0.6) is 0 Å². The van der Waals surface area contributed by atoms with E-state index in [0.717, 1.165) is 71.3 Å². The Morgan fingerprint density at radius 1 is 0.472 bits per heavy atom. The minimum atomic E-state index is 0.357. The summed E-state index contributed by atoms with van der Waals surface area (Å²) in [6.45, 7) is 0. The summed E-state index contributed by atoms with van der Waals surface area (Å²) in [7, 11) is 0. The normalized spacial score (nSPS) is 11.8. The maximum Gasteiger partial charge on any atom is 0.169 e. The Balaban J connectivity index is 1.27. The largest absolute Gasteiger partial charge is 0.455 e. The minimum Gasteiger partial charge on any atom is -0.455 e. The van der Waals surface area contributed by atoms with E-state index in [2.05, 4.69) is 53.1 Å². The monoisotopic (exact) mass is 679 g/mol. The molecule has 53 heavy (non-hydrogen) atoms. The van der Waals surface area contributed by atoms with Crippen LogP contribution in [-0.4, -0.2) is 19.5 Å². The van der Waals surface area contributed by atoms with Gasteiger partial charge < -0.3 is 13.4 Å². The van der Waals surface area contributed by atoms with Gasteiger partial charge in [-0.1, -0.05) is 115 Å². The standard InChI is InChI=1S/C46H25N5O2/c47-26-29-25-36(51-34-20-10-7-18-32(34)40-35(51)24-23-31-30-17-8-11-21-37(30)52-42(31)40)41-33-19-9-12-22-38(33)53-43(41)39(29)46-49-44(27-13-3-1-4-14-27)48-45(50-46)28-15-5-2-6-16-28/h1-25H. The molecule has 0 atom stereocenters. The lowest BCUT2D eigenvalue weighted by Crippen LogP contribution is -2.03. The lowest BCUT2D eigenvalue weighted by molar-refractivity contribution is 0.669. The first kappa shape index (κ1) is 29.2. The number of hydrogen-bond donors (Lipinski definition) is 0. The fraction of sp³-hybridized carbons (Fsp3) is 0. The summed E-state index contributed by atoms with van der Waals surface area (Å²) in [5.41, 5.74) is 8.22. The molecule has 0 radical (unpaired) electrons. The first-order chi connectivity index (χ1) is 26.2. The van der Waals surface area contributed by atoms with E-state index in [-0.39, 0.29) is 0 Å². The number of para-hydroxylation sites is 3. The highest BCUT2D eigenvalue weighted by Crippen LogP contribution is 2.45. The van der Waals surface area contributed by atoms with Crippen molar-refractivity contribution in [3.63, 3.8) is 0 Å². The molecule has 0 aliphatic heterocycles. The van der Waals surface area contributed by atoms with Crippen LogP contribution in [0.3, 0.4) is 0 Å². The van der Waals surface area contributed by atoms with E-state index in [1.807, 2.05) is 109 Å². The van der Waals surface area contributed by atoms with Crippen molar-refractivity contribution in [3.8, 4) is 45.9 Å². The zero-order valence-electron chi connectivity index (χ0n) is 28.0. The van der Waals surface area contributed by atoms with Gasteiger partial charge in [0, 0.05) is 32.7 Å². The number of nitriles is 1. The average Bonchev–Trinajstić information content (AvgIpc) is 3.90. The second-order valence-electron chi connectivity index (χ2n) is 13.1. The molecular weight excluding hydrogens is 655 g/mol. The molecule has 7 aromatic carbocycles. The molecule has 0 unspecified atom stereocenters. The van der Waals surface area contributed by atoms with Gasteiger partial charge in [0.1, 0.15) is 28.4 Å². The van der Waals surface area contributed by atoms with E-state index in [1.54, 1.807) is 0 Å². The summed E-state index contributed by atoms with van der Waals surface area (Å²) in [5.74, 6) is 1.36.